The molecule has 2 amide bonds. The van der Waals surface area contributed by atoms with Crippen LogP contribution in [0, 0.1) is 11.8 Å². The number of anilines is 1. The third-order valence-electron chi connectivity index (χ3n) is 6.08. The first-order chi connectivity index (χ1) is 13.9. The number of hydrogen-bond donors (Lipinski definition) is 2. The van der Waals surface area contributed by atoms with Crippen molar-refractivity contribution in [2.24, 2.45) is 11.8 Å². The van der Waals surface area contributed by atoms with Gasteiger partial charge in [-0.15, -0.1) is 0 Å². The number of aliphatic hydroxyl groups is 1. The molecule has 2 N–H and O–H groups in total. The average molecular weight is 423 g/mol. The van der Waals surface area contributed by atoms with Crippen molar-refractivity contribution in [3.05, 3.63) is 29.3 Å². The number of ether oxygens (including phenoxy) is 2. The van der Waals surface area contributed by atoms with Gasteiger partial charge in [-0.1, -0.05) is 23.7 Å². The monoisotopic (exact) mass is 422 g/mol. The molecule has 1 aromatic rings. The Kier molecular flexibility index (Phi) is 5.27. The van der Waals surface area contributed by atoms with E-state index in [1.165, 1.54) is 4.90 Å². The quantitative estimate of drug-likeness (QED) is 0.667. The lowest BCUT2D eigenvalue weighted by atomic mass is 9.71. The molecule has 3 fully saturated rings. The highest BCUT2D eigenvalue weighted by Crippen LogP contribution is 2.58. The lowest BCUT2D eigenvalue weighted by Crippen LogP contribution is -2.53. The molecular formula is C20H23ClN2O6. The maximum Gasteiger partial charge on any atom is 0.312 e. The Balaban J connectivity index is 1.69. The number of nitrogens with zero attached hydrogens (tertiary/aromatic N) is 1. The second-order valence-electron chi connectivity index (χ2n) is 7.53. The Labute approximate surface area is 173 Å². The zero-order chi connectivity index (χ0) is 20.8. The maximum absolute atomic E-state index is 13.3. The van der Waals surface area contributed by atoms with E-state index in [-0.39, 0.29) is 25.7 Å². The van der Waals surface area contributed by atoms with Crippen molar-refractivity contribution in [3.8, 4) is 0 Å². The molecule has 3 aliphatic rings. The summed E-state index contributed by atoms with van der Waals surface area (Å²) in [6, 6.07) is 5.83. The molecule has 9 heteroatoms. The molecule has 0 aliphatic carbocycles. The number of nitrogens with one attached hydrogen (secondary N) is 1. The summed E-state index contributed by atoms with van der Waals surface area (Å²) in [6.07, 6.45) is 0.595. The third-order valence-corrected chi connectivity index (χ3v) is 6.41. The molecular weight excluding hydrogens is 400 g/mol. The fraction of sp³-hybridized carbons (Fsp3) is 0.550. The van der Waals surface area contributed by atoms with Gasteiger partial charge in [0.15, 0.2) is 0 Å². The SMILES string of the molecule is CCOC(=O)[C@@H]1[C@@H]2CC[C@]3(O2)[C@H](C(=O)Nc2ccccc2Cl)N(CCO)C(=O)[C@@H]13. The minimum atomic E-state index is -1.11. The van der Waals surface area contributed by atoms with Crippen LogP contribution >= 0.6 is 11.6 Å². The van der Waals surface area contributed by atoms with Gasteiger partial charge in [-0.2, -0.15) is 0 Å². The normalized spacial score (nSPS) is 32.4. The number of rotatable bonds is 6. The minimum Gasteiger partial charge on any atom is -0.466 e. The number of β-amino-alcohol motifs (C(OH)–C–C–N with tert-alkyl or cyclic N) is 1. The molecule has 0 radical (unpaired) electrons. The summed E-state index contributed by atoms with van der Waals surface area (Å²) in [5.41, 5.74) is -0.690. The van der Waals surface area contributed by atoms with Crippen LogP contribution in [0.2, 0.25) is 5.02 Å². The van der Waals surface area contributed by atoms with E-state index in [4.69, 9.17) is 21.1 Å². The van der Waals surface area contributed by atoms with Crippen molar-refractivity contribution in [3.63, 3.8) is 0 Å². The van der Waals surface area contributed by atoms with E-state index in [1.54, 1.807) is 31.2 Å². The molecule has 2 bridgehead atoms. The molecule has 0 unspecified atom stereocenters. The van der Waals surface area contributed by atoms with Crippen molar-refractivity contribution in [2.45, 2.75) is 37.5 Å². The number of benzene rings is 1. The fourth-order valence-electron chi connectivity index (χ4n) is 5.07. The summed E-state index contributed by atoms with van der Waals surface area (Å²) in [6.45, 7) is 1.57. The van der Waals surface area contributed by atoms with Gasteiger partial charge in [0.1, 0.15) is 11.6 Å². The Morgan fingerprint density at radius 3 is 2.86 bits per heavy atom. The van der Waals surface area contributed by atoms with Crippen molar-refractivity contribution in [1.82, 2.24) is 4.90 Å². The molecule has 0 aromatic heterocycles. The molecule has 3 saturated heterocycles. The Hall–Kier alpha value is -2.16. The third kappa shape index (κ3) is 3.01. The van der Waals surface area contributed by atoms with Crippen molar-refractivity contribution in [2.75, 3.05) is 25.1 Å². The van der Waals surface area contributed by atoms with E-state index in [0.717, 1.165) is 0 Å². The summed E-state index contributed by atoms with van der Waals surface area (Å²) >= 11 is 6.16. The van der Waals surface area contributed by atoms with Gasteiger partial charge in [0.25, 0.3) is 0 Å². The predicted octanol–water partition coefficient (Wildman–Crippen LogP) is 1.21. The zero-order valence-electron chi connectivity index (χ0n) is 16.0. The molecule has 156 valence electrons. The first kappa shape index (κ1) is 20.1. The molecule has 3 heterocycles. The number of carbonyl (C=O) groups is 3. The van der Waals surface area contributed by atoms with Gasteiger partial charge in [-0.25, -0.2) is 0 Å². The van der Waals surface area contributed by atoms with Gasteiger partial charge in [-0.3, -0.25) is 14.4 Å². The summed E-state index contributed by atoms with van der Waals surface area (Å²) in [5.74, 6) is -2.83. The lowest BCUT2D eigenvalue weighted by Gasteiger charge is -2.33. The van der Waals surface area contributed by atoms with E-state index >= 15 is 0 Å². The van der Waals surface area contributed by atoms with Crippen LogP contribution in [0.15, 0.2) is 24.3 Å². The highest BCUT2D eigenvalue weighted by Gasteiger charge is 2.74. The smallest absolute Gasteiger partial charge is 0.312 e. The van der Waals surface area contributed by atoms with Gasteiger partial charge in [0.2, 0.25) is 11.8 Å². The number of aliphatic hydroxyl groups excluding tert-OH is 1. The number of para-hydroxylation sites is 1. The standard InChI is InChI=1S/C20H23ClN2O6/c1-2-28-19(27)14-13-7-8-20(29-13)15(14)18(26)23(9-10-24)16(20)17(25)22-12-6-4-3-5-11(12)21/h3-6,13-16,24H,2,7-10H2,1H3,(H,22,25)/t13-,14+,15+,16-,20+/m0/s1. The second kappa shape index (κ2) is 7.59. The summed E-state index contributed by atoms with van der Waals surface area (Å²) in [7, 11) is 0. The number of halogens is 1. The van der Waals surface area contributed by atoms with Crippen LogP contribution in [0.5, 0.6) is 0 Å². The lowest BCUT2D eigenvalue weighted by molar-refractivity contribution is -0.154. The number of carbonyl (C=O) groups excluding carboxylic acids is 3. The van der Waals surface area contributed by atoms with Gasteiger partial charge < -0.3 is 24.8 Å². The van der Waals surface area contributed by atoms with Crippen LogP contribution in [0.3, 0.4) is 0 Å². The van der Waals surface area contributed by atoms with E-state index < -0.39 is 41.5 Å². The molecule has 3 aliphatic heterocycles. The van der Waals surface area contributed by atoms with E-state index in [2.05, 4.69) is 5.32 Å². The molecule has 1 spiro atoms. The van der Waals surface area contributed by atoms with Crippen molar-refractivity contribution < 1.29 is 29.0 Å². The molecule has 0 saturated carbocycles. The Bertz CT molecular complexity index is 848. The Morgan fingerprint density at radius 1 is 1.41 bits per heavy atom. The van der Waals surface area contributed by atoms with E-state index in [0.29, 0.717) is 23.6 Å². The van der Waals surface area contributed by atoms with Gasteiger partial charge >= 0.3 is 5.97 Å². The topological polar surface area (TPSA) is 105 Å². The van der Waals surface area contributed by atoms with Crippen molar-refractivity contribution >= 4 is 35.1 Å². The van der Waals surface area contributed by atoms with Crippen LogP contribution in [0.25, 0.3) is 0 Å². The first-order valence-corrected chi connectivity index (χ1v) is 10.1. The zero-order valence-corrected chi connectivity index (χ0v) is 16.7. The van der Waals surface area contributed by atoms with Crippen LogP contribution in [0.4, 0.5) is 5.69 Å². The second-order valence-corrected chi connectivity index (χ2v) is 7.94. The molecule has 8 nitrogen and oxygen atoms in total. The van der Waals surface area contributed by atoms with Crippen LogP contribution in [-0.2, 0) is 23.9 Å². The highest BCUT2D eigenvalue weighted by atomic mass is 35.5. The average Bonchev–Trinajstić information content (AvgIpc) is 3.32. The molecule has 29 heavy (non-hydrogen) atoms. The minimum absolute atomic E-state index is 0.0265. The molecule has 4 rings (SSSR count). The summed E-state index contributed by atoms with van der Waals surface area (Å²) < 4.78 is 11.4. The fourth-order valence-corrected chi connectivity index (χ4v) is 5.25. The molecule has 5 atom stereocenters. The highest BCUT2D eigenvalue weighted by molar-refractivity contribution is 6.33. The van der Waals surface area contributed by atoms with E-state index in [9.17, 15) is 19.5 Å². The van der Waals surface area contributed by atoms with Crippen LogP contribution < -0.4 is 5.32 Å². The van der Waals surface area contributed by atoms with Gasteiger partial charge in [-0.05, 0) is 31.9 Å². The number of hydrogen-bond acceptors (Lipinski definition) is 6. The summed E-state index contributed by atoms with van der Waals surface area (Å²) in [5, 5.41) is 12.6. The van der Waals surface area contributed by atoms with Gasteiger partial charge in [0.05, 0.1) is 41.9 Å². The Morgan fingerprint density at radius 2 is 2.17 bits per heavy atom. The largest absolute Gasteiger partial charge is 0.466 e. The maximum atomic E-state index is 13.3. The van der Waals surface area contributed by atoms with Crippen LogP contribution in [-0.4, -0.2) is 65.3 Å². The first-order valence-electron chi connectivity index (χ1n) is 9.75. The van der Waals surface area contributed by atoms with Gasteiger partial charge in [0, 0.05) is 6.54 Å². The number of esters is 1. The number of fused-ring (bicyclic) bond motifs is 1. The van der Waals surface area contributed by atoms with Crippen molar-refractivity contribution in [1.29, 1.82) is 0 Å². The van der Waals surface area contributed by atoms with Crippen LogP contribution in [0.1, 0.15) is 19.8 Å². The van der Waals surface area contributed by atoms with E-state index in [1.807, 2.05) is 0 Å². The predicted molar refractivity (Wildman–Crippen MR) is 103 cm³/mol. The molecule has 1 aromatic carbocycles. The number of amides is 2. The number of likely N-dealkylation sites (tertiary alicyclic amines) is 1. The summed E-state index contributed by atoms with van der Waals surface area (Å²) in [4.78, 5) is 40.4.